The van der Waals surface area contributed by atoms with Gasteiger partial charge in [0.05, 0.1) is 0 Å². The topological polar surface area (TPSA) is 32.7 Å². The molecule has 0 saturated heterocycles. The minimum atomic E-state index is -1.05. The Labute approximate surface area is 164 Å². The fraction of sp³-hybridized carbons (Fsp3) is 0.273. The molecule has 2 aromatic rings. The summed E-state index contributed by atoms with van der Waals surface area (Å²) in [4.78, 5) is 2.16. The zero-order chi connectivity index (χ0) is 19.0. The Morgan fingerprint density at radius 3 is 2.19 bits per heavy atom. The number of aliphatic hydroxyl groups is 1. The van der Waals surface area contributed by atoms with Crippen LogP contribution in [0.4, 0.5) is 0 Å². The summed E-state index contributed by atoms with van der Waals surface area (Å²) in [6.07, 6.45) is 5.97. The van der Waals surface area contributed by atoms with Crippen LogP contribution < -0.4 is 4.74 Å². The minimum absolute atomic E-state index is 0.518. The van der Waals surface area contributed by atoms with Gasteiger partial charge in [0.15, 0.2) is 0 Å². The highest BCUT2D eigenvalue weighted by Crippen LogP contribution is 2.31. The molecule has 0 unspecified atom stereocenters. The lowest BCUT2D eigenvalue weighted by Gasteiger charge is -2.24. The smallest absolute Gasteiger partial charge is 0.119 e. The average molecular weight is 416 g/mol. The summed E-state index contributed by atoms with van der Waals surface area (Å²) in [5.74, 6) is 0.782. The van der Waals surface area contributed by atoms with E-state index in [1.54, 1.807) is 6.92 Å². The van der Waals surface area contributed by atoms with E-state index in [0.717, 1.165) is 34.4 Å². The van der Waals surface area contributed by atoms with Crippen molar-refractivity contribution in [3.8, 4) is 5.75 Å². The van der Waals surface area contributed by atoms with Crippen molar-refractivity contribution in [1.82, 2.24) is 4.90 Å². The zero-order valence-corrected chi connectivity index (χ0v) is 16.9. The first-order valence-electron chi connectivity index (χ1n) is 8.59. The van der Waals surface area contributed by atoms with Crippen molar-refractivity contribution in [3.63, 3.8) is 0 Å². The number of nitrogens with zero attached hydrogens (tertiary/aromatic N) is 1. The van der Waals surface area contributed by atoms with Gasteiger partial charge in [0.25, 0.3) is 0 Å². The van der Waals surface area contributed by atoms with Gasteiger partial charge in [0.2, 0.25) is 0 Å². The molecule has 0 aliphatic heterocycles. The maximum Gasteiger partial charge on any atom is 0.119 e. The quantitative estimate of drug-likeness (QED) is 0.599. The number of rotatable bonds is 9. The van der Waals surface area contributed by atoms with Gasteiger partial charge in [0, 0.05) is 17.6 Å². The molecule has 2 aromatic carbocycles. The molecule has 26 heavy (non-hydrogen) atoms. The molecule has 0 spiro atoms. The Bertz CT molecular complexity index is 721. The summed E-state index contributed by atoms with van der Waals surface area (Å²) in [5, 5.41) is 10.9. The third kappa shape index (κ3) is 5.84. The zero-order valence-electron chi connectivity index (χ0n) is 15.4. The van der Waals surface area contributed by atoms with Crippen molar-refractivity contribution in [1.29, 1.82) is 0 Å². The Balaban J connectivity index is 1.92. The van der Waals surface area contributed by atoms with Crippen molar-refractivity contribution in [3.05, 3.63) is 88.9 Å². The SMILES string of the molecule is C=CCN(C)C/C=C/COc1ccc([C@](C)(O)c2ccc(Br)cc2)cc1. The van der Waals surface area contributed by atoms with Gasteiger partial charge >= 0.3 is 0 Å². The van der Waals surface area contributed by atoms with Crippen LogP contribution in [0.15, 0.2) is 77.8 Å². The third-order valence-corrected chi connectivity index (χ3v) is 4.72. The van der Waals surface area contributed by atoms with Crippen LogP contribution in [0, 0.1) is 0 Å². The van der Waals surface area contributed by atoms with E-state index in [9.17, 15) is 5.11 Å². The van der Waals surface area contributed by atoms with Crippen LogP contribution >= 0.6 is 15.9 Å². The number of ether oxygens (including phenoxy) is 1. The maximum absolute atomic E-state index is 10.9. The van der Waals surface area contributed by atoms with Crippen molar-refractivity contribution in [2.24, 2.45) is 0 Å². The van der Waals surface area contributed by atoms with Crippen LogP contribution in [0.2, 0.25) is 0 Å². The second kappa shape index (κ2) is 9.72. The monoisotopic (exact) mass is 415 g/mol. The Morgan fingerprint density at radius 2 is 1.62 bits per heavy atom. The molecule has 0 aromatic heterocycles. The van der Waals surface area contributed by atoms with Crippen LogP contribution in [0.25, 0.3) is 0 Å². The van der Waals surface area contributed by atoms with E-state index in [4.69, 9.17) is 4.74 Å². The normalized spacial score (nSPS) is 13.7. The summed E-state index contributed by atoms with van der Waals surface area (Å²) < 4.78 is 6.71. The van der Waals surface area contributed by atoms with Crippen LogP contribution in [0.5, 0.6) is 5.75 Å². The summed E-state index contributed by atoms with van der Waals surface area (Å²) in [7, 11) is 2.04. The molecule has 0 heterocycles. The molecule has 0 saturated carbocycles. The van der Waals surface area contributed by atoms with E-state index in [1.807, 2.05) is 67.7 Å². The Kier molecular flexibility index (Phi) is 7.64. The number of benzene rings is 2. The molecular formula is C22H26BrNO2. The molecule has 0 fully saturated rings. The fourth-order valence-corrected chi connectivity index (χ4v) is 2.84. The number of hydrogen-bond acceptors (Lipinski definition) is 3. The molecule has 0 bridgehead atoms. The van der Waals surface area contributed by atoms with Gasteiger partial charge in [-0.05, 0) is 49.4 Å². The van der Waals surface area contributed by atoms with Gasteiger partial charge < -0.3 is 9.84 Å². The van der Waals surface area contributed by atoms with E-state index < -0.39 is 5.60 Å². The highest BCUT2D eigenvalue weighted by molar-refractivity contribution is 9.10. The maximum atomic E-state index is 10.9. The van der Waals surface area contributed by atoms with Crippen LogP contribution in [-0.4, -0.2) is 36.8 Å². The molecule has 2 rings (SSSR count). The molecule has 0 aliphatic carbocycles. The van der Waals surface area contributed by atoms with Gasteiger partial charge in [-0.25, -0.2) is 0 Å². The standard InChI is InChI=1S/C22H26BrNO2/c1-4-15-24(3)16-5-6-17-26-21-13-9-19(10-14-21)22(2,25)18-7-11-20(23)12-8-18/h4-14,25H,1,15-17H2,2-3H3/b6-5+/t22-/m1/s1. The first-order chi connectivity index (χ1) is 12.4. The summed E-state index contributed by atoms with van der Waals surface area (Å²) in [6.45, 7) is 7.77. The molecular weight excluding hydrogens is 390 g/mol. The van der Waals surface area contributed by atoms with Crippen molar-refractivity contribution < 1.29 is 9.84 Å². The third-order valence-electron chi connectivity index (χ3n) is 4.19. The molecule has 1 atom stereocenters. The van der Waals surface area contributed by atoms with E-state index in [2.05, 4.69) is 33.5 Å². The summed E-state index contributed by atoms with van der Waals surface area (Å²) >= 11 is 3.42. The first kappa shape index (κ1) is 20.4. The molecule has 0 amide bonds. The predicted molar refractivity (Wildman–Crippen MR) is 112 cm³/mol. The number of halogens is 1. The summed E-state index contributed by atoms with van der Waals surface area (Å²) in [6, 6.07) is 15.3. The molecule has 3 nitrogen and oxygen atoms in total. The van der Waals surface area contributed by atoms with E-state index >= 15 is 0 Å². The number of likely N-dealkylation sites (N-methyl/N-ethyl adjacent to an activating group) is 1. The van der Waals surface area contributed by atoms with Crippen LogP contribution in [-0.2, 0) is 5.60 Å². The van der Waals surface area contributed by atoms with E-state index in [1.165, 1.54) is 0 Å². The lowest BCUT2D eigenvalue weighted by atomic mass is 9.88. The predicted octanol–water partition coefficient (Wildman–Crippen LogP) is 4.76. The highest BCUT2D eigenvalue weighted by atomic mass is 79.9. The van der Waals surface area contributed by atoms with E-state index in [0.29, 0.717) is 6.61 Å². The highest BCUT2D eigenvalue weighted by Gasteiger charge is 2.25. The van der Waals surface area contributed by atoms with Crippen molar-refractivity contribution >= 4 is 15.9 Å². The molecule has 138 valence electrons. The summed E-state index contributed by atoms with van der Waals surface area (Å²) in [5.41, 5.74) is 0.629. The van der Waals surface area contributed by atoms with Gasteiger partial charge in [-0.2, -0.15) is 0 Å². The minimum Gasteiger partial charge on any atom is -0.490 e. The second-order valence-corrected chi connectivity index (χ2v) is 7.31. The number of hydrogen-bond donors (Lipinski definition) is 1. The first-order valence-corrected chi connectivity index (χ1v) is 9.39. The van der Waals surface area contributed by atoms with Gasteiger partial charge in [0.1, 0.15) is 18.0 Å². The van der Waals surface area contributed by atoms with Gasteiger partial charge in [-0.3, -0.25) is 4.90 Å². The average Bonchev–Trinajstić information content (AvgIpc) is 2.62. The molecule has 1 N–H and O–H groups in total. The van der Waals surface area contributed by atoms with Gasteiger partial charge in [-0.15, -0.1) is 6.58 Å². The largest absolute Gasteiger partial charge is 0.490 e. The van der Waals surface area contributed by atoms with Crippen LogP contribution in [0.3, 0.4) is 0 Å². The molecule has 4 heteroatoms. The van der Waals surface area contributed by atoms with E-state index in [-0.39, 0.29) is 0 Å². The van der Waals surface area contributed by atoms with Crippen LogP contribution in [0.1, 0.15) is 18.1 Å². The molecule has 0 radical (unpaired) electrons. The Hall–Kier alpha value is -1.88. The Morgan fingerprint density at radius 1 is 1.04 bits per heavy atom. The lowest BCUT2D eigenvalue weighted by molar-refractivity contribution is 0.102. The van der Waals surface area contributed by atoms with Crippen molar-refractivity contribution in [2.45, 2.75) is 12.5 Å². The van der Waals surface area contributed by atoms with Crippen molar-refractivity contribution in [2.75, 3.05) is 26.7 Å². The second-order valence-electron chi connectivity index (χ2n) is 6.40. The fourth-order valence-electron chi connectivity index (χ4n) is 2.58. The lowest BCUT2D eigenvalue weighted by Crippen LogP contribution is -2.22. The molecule has 0 aliphatic rings. The van der Waals surface area contributed by atoms with Gasteiger partial charge in [-0.1, -0.05) is 58.4 Å².